The van der Waals surface area contributed by atoms with Crippen LogP contribution in [0.4, 0.5) is 45.5 Å². The molecule has 0 fully saturated rings. The number of benzene rings is 4. The van der Waals surface area contributed by atoms with Crippen molar-refractivity contribution in [2.24, 2.45) is 30.7 Å². The molecule has 0 bridgehead atoms. The zero-order valence-electron chi connectivity index (χ0n) is 27.3. The van der Waals surface area contributed by atoms with Crippen LogP contribution in [0.15, 0.2) is 135 Å². The van der Waals surface area contributed by atoms with Crippen LogP contribution in [0.2, 0.25) is 0 Å². The van der Waals surface area contributed by atoms with Gasteiger partial charge in [-0.1, -0.05) is 6.58 Å². The predicted octanol–water partition coefficient (Wildman–Crippen LogP) is 5.10. The van der Waals surface area contributed by atoms with Crippen molar-refractivity contribution >= 4 is 95.8 Å². The van der Waals surface area contributed by atoms with Crippen LogP contribution in [0.1, 0.15) is 0 Å². The molecule has 7 N–H and O–H groups in total. The highest BCUT2D eigenvalue weighted by Crippen LogP contribution is 2.45. The summed E-state index contributed by atoms with van der Waals surface area (Å²) in [7, 11) is -22.6. The summed E-state index contributed by atoms with van der Waals surface area (Å²) in [6.07, 6.45) is 0. The van der Waals surface area contributed by atoms with Crippen molar-refractivity contribution in [3.05, 3.63) is 84.8 Å². The summed E-state index contributed by atoms with van der Waals surface area (Å²) >= 11 is 0. The molecular weight excluding hydrogens is 833 g/mol. The second kappa shape index (κ2) is 16.1. The van der Waals surface area contributed by atoms with Gasteiger partial charge in [-0.05, 0) is 72.8 Å². The average molecular weight is 859 g/mol. The summed E-state index contributed by atoms with van der Waals surface area (Å²) in [5.74, 6) is -0.802. The highest BCUT2D eigenvalue weighted by molar-refractivity contribution is 7.94. The molecule has 55 heavy (non-hydrogen) atoms. The molecule has 4 aromatic carbocycles. The van der Waals surface area contributed by atoms with Gasteiger partial charge in [0, 0.05) is 5.41 Å². The third-order valence-electron chi connectivity index (χ3n) is 6.81. The van der Waals surface area contributed by atoms with E-state index >= 15 is 0 Å². The molecular formula is C28H26N8O14S5. The fraction of sp³-hybridized carbons (Fsp3) is 0.0714. The van der Waals surface area contributed by atoms with Gasteiger partial charge in [-0.25, -0.2) is 21.0 Å². The zero-order chi connectivity index (χ0) is 41.0. The van der Waals surface area contributed by atoms with Crippen LogP contribution in [0.5, 0.6) is 0 Å². The topological polar surface area (TPSA) is 367 Å². The Morgan fingerprint density at radius 1 is 0.582 bits per heavy atom. The fourth-order valence-electron chi connectivity index (χ4n) is 4.11. The molecule has 0 atom stereocenters. The first kappa shape index (κ1) is 42.4. The van der Waals surface area contributed by atoms with E-state index in [1.54, 1.807) is 0 Å². The number of nitrogen functional groups attached to an aromatic ring is 2. The summed E-state index contributed by atoms with van der Waals surface area (Å²) in [6, 6.07) is 12.7. The Bertz CT molecular complexity index is 2810. The van der Waals surface area contributed by atoms with Crippen LogP contribution in [0, 0.1) is 0 Å². The summed E-state index contributed by atoms with van der Waals surface area (Å²) < 4.78 is 150. The largest absolute Gasteiger partial charge is 0.397 e. The molecule has 0 saturated carbocycles. The fourth-order valence-corrected chi connectivity index (χ4v) is 7.41. The smallest absolute Gasteiger partial charge is 0.395 e. The normalized spacial score (nSPS) is 13.2. The maximum Gasteiger partial charge on any atom is 0.397 e. The van der Waals surface area contributed by atoms with Crippen LogP contribution >= 0.6 is 0 Å². The standard InChI is InChI=1S/C28H26N8O14S5/c1-2-51(37,38)19-7-3-17(4-8-19)31-34-23-16-24(35-33-22-15-21(53(41,42)43)11-12-25(22)54(44,45)46)27(30)28(26(23)29)36-32-18-5-9-20(10-6-18)52(39,40)14-13-50-55(47,48)49/h2-12,15-16H,1,13-14,29-30H2,(H,41,42,43)(H,44,45,46)(H,47,48,49). The number of hydrogen-bond donors (Lipinski definition) is 5. The SMILES string of the molecule is C=CS(=O)(=O)c1ccc(N=Nc2cc(N=Nc3cc(S(=O)(=O)O)ccc3S(=O)(=O)O)c(N)c(N=Nc3ccc(S(=O)(=O)CCOS(=O)(=O)O)cc3)c2N)cc1. The van der Waals surface area contributed by atoms with E-state index in [4.69, 9.17) is 16.0 Å². The number of hydrogen-bond acceptors (Lipinski definition) is 19. The minimum absolute atomic E-state index is 0.0246. The summed E-state index contributed by atoms with van der Waals surface area (Å²) in [5, 5.41) is 24.3. The van der Waals surface area contributed by atoms with E-state index in [1.165, 1.54) is 36.4 Å². The van der Waals surface area contributed by atoms with Crippen molar-refractivity contribution in [3.63, 3.8) is 0 Å². The Hall–Kier alpha value is -5.39. The number of anilines is 2. The Morgan fingerprint density at radius 3 is 1.55 bits per heavy atom. The number of rotatable bonds is 15. The van der Waals surface area contributed by atoms with Crippen LogP contribution in [0.3, 0.4) is 0 Å². The van der Waals surface area contributed by atoms with E-state index in [0.717, 1.165) is 23.6 Å². The van der Waals surface area contributed by atoms with Crippen molar-refractivity contribution in [3.8, 4) is 0 Å². The van der Waals surface area contributed by atoms with Crippen molar-refractivity contribution in [2.75, 3.05) is 23.8 Å². The Balaban J connectivity index is 1.80. The van der Waals surface area contributed by atoms with Crippen molar-refractivity contribution in [1.82, 2.24) is 0 Å². The number of nitrogens with zero attached hydrogens (tertiary/aromatic N) is 6. The van der Waals surface area contributed by atoms with Gasteiger partial charge < -0.3 is 11.5 Å². The molecule has 0 aromatic heterocycles. The molecule has 0 unspecified atom stereocenters. The van der Waals surface area contributed by atoms with Gasteiger partial charge in [0.1, 0.15) is 27.6 Å². The summed E-state index contributed by atoms with van der Waals surface area (Å²) in [4.78, 5) is -2.07. The van der Waals surface area contributed by atoms with Gasteiger partial charge in [0.25, 0.3) is 20.2 Å². The van der Waals surface area contributed by atoms with Gasteiger partial charge in [-0.2, -0.15) is 35.5 Å². The highest BCUT2D eigenvalue weighted by Gasteiger charge is 2.21. The molecule has 0 radical (unpaired) electrons. The number of nitrogens with two attached hydrogens (primary N) is 2. The minimum Gasteiger partial charge on any atom is -0.395 e. The van der Waals surface area contributed by atoms with Crippen LogP contribution in [0.25, 0.3) is 0 Å². The van der Waals surface area contributed by atoms with E-state index in [2.05, 4.69) is 41.4 Å². The molecule has 0 heterocycles. The Morgan fingerprint density at radius 2 is 1.05 bits per heavy atom. The van der Waals surface area contributed by atoms with Gasteiger partial charge in [-0.3, -0.25) is 13.7 Å². The van der Waals surface area contributed by atoms with Gasteiger partial charge in [0.05, 0.1) is 49.8 Å². The van der Waals surface area contributed by atoms with Crippen LogP contribution in [-0.2, 0) is 54.5 Å². The van der Waals surface area contributed by atoms with E-state index in [9.17, 15) is 51.2 Å². The third-order valence-corrected chi connectivity index (χ3v) is 12.1. The van der Waals surface area contributed by atoms with Crippen LogP contribution < -0.4 is 11.5 Å². The monoisotopic (exact) mass is 858 g/mol. The quantitative estimate of drug-likeness (QED) is 0.0589. The molecule has 0 aliphatic rings. The summed E-state index contributed by atoms with van der Waals surface area (Å²) in [5.41, 5.74) is 10.4. The molecule has 0 spiro atoms. The maximum atomic E-state index is 12.5. The molecule has 0 aliphatic heterocycles. The second-order valence-corrected chi connectivity index (χ2v) is 18.4. The van der Waals surface area contributed by atoms with Crippen molar-refractivity contribution < 1.29 is 59.9 Å². The van der Waals surface area contributed by atoms with Gasteiger partial charge in [0.15, 0.2) is 19.7 Å². The molecule has 292 valence electrons. The molecule has 4 aromatic rings. The molecule has 4 rings (SSSR count). The molecule has 0 amide bonds. The first-order valence-corrected chi connectivity index (χ1v) is 21.8. The Labute approximate surface area is 313 Å². The maximum absolute atomic E-state index is 12.5. The first-order chi connectivity index (χ1) is 25.4. The molecule has 0 saturated heterocycles. The third kappa shape index (κ3) is 11.1. The van der Waals surface area contributed by atoms with Gasteiger partial charge in [-0.15, -0.1) is 20.5 Å². The number of sulfone groups is 2. The van der Waals surface area contributed by atoms with Gasteiger partial charge in [0.2, 0.25) is 0 Å². The van der Waals surface area contributed by atoms with Gasteiger partial charge >= 0.3 is 10.4 Å². The summed E-state index contributed by atoms with van der Waals surface area (Å²) in [6.45, 7) is 2.39. The molecule has 22 nitrogen and oxygen atoms in total. The van der Waals surface area contributed by atoms with E-state index < -0.39 is 78.1 Å². The van der Waals surface area contributed by atoms with E-state index in [-0.39, 0.29) is 49.6 Å². The molecule has 27 heteroatoms. The van der Waals surface area contributed by atoms with Crippen LogP contribution in [-0.4, -0.2) is 68.1 Å². The predicted molar refractivity (Wildman–Crippen MR) is 194 cm³/mol. The number of azo groups is 3. The lowest BCUT2D eigenvalue weighted by molar-refractivity contribution is 0.284. The Kier molecular flexibility index (Phi) is 12.4. The highest BCUT2D eigenvalue weighted by atomic mass is 32.3. The van der Waals surface area contributed by atoms with E-state index in [0.29, 0.717) is 18.2 Å². The minimum atomic E-state index is -5.02. The average Bonchev–Trinajstić information content (AvgIpc) is 3.09. The lowest BCUT2D eigenvalue weighted by Crippen LogP contribution is -2.15. The second-order valence-electron chi connectivity index (χ2n) is 10.5. The first-order valence-electron chi connectivity index (χ1n) is 14.4. The zero-order valence-corrected chi connectivity index (χ0v) is 31.4. The molecule has 0 aliphatic carbocycles. The van der Waals surface area contributed by atoms with Crippen molar-refractivity contribution in [1.29, 1.82) is 0 Å². The van der Waals surface area contributed by atoms with E-state index in [1.807, 2.05) is 0 Å². The lowest BCUT2D eigenvalue weighted by Gasteiger charge is -2.10. The lowest BCUT2D eigenvalue weighted by atomic mass is 10.2. The van der Waals surface area contributed by atoms with Crippen molar-refractivity contribution in [2.45, 2.75) is 19.6 Å².